The van der Waals surface area contributed by atoms with Crippen LogP contribution in [-0.2, 0) is 14.8 Å². The minimum Gasteiger partial charge on any atom is -0.354 e. The molecule has 2 rings (SSSR count). The lowest BCUT2D eigenvalue weighted by Crippen LogP contribution is -2.39. The summed E-state index contributed by atoms with van der Waals surface area (Å²) in [6, 6.07) is 16.2. The van der Waals surface area contributed by atoms with E-state index in [1.54, 1.807) is 23.9 Å². The molecule has 0 atom stereocenters. The van der Waals surface area contributed by atoms with Crippen LogP contribution >= 0.6 is 27.7 Å². The first-order valence-corrected chi connectivity index (χ1v) is 10.8. The van der Waals surface area contributed by atoms with Crippen molar-refractivity contribution in [3.63, 3.8) is 0 Å². The van der Waals surface area contributed by atoms with Gasteiger partial charge in [-0.3, -0.25) is 4.79 Å². The zero-order valence-electron chi connectivity index (χ0n) is 13.7. The highest BCUT2D eigenvalue weighted by molar-refractivity contribution is 9.10. The Balaban J connectivity index is 1.80. The van der Waals surface area contributed by atoms with E-state index in [9.17, 15) is 13.2 Å². The van der Waals surface area contributed by atoms with Crippen molar-refractivity contribution in [1.29, 1.82) is 0 Å². The highest BCUT2D eigenvalue weighted by atomic mass is 79.9. The molecule has 25 heavy (non-hydrogen) atoms. The van der Waals surface area contributed by atoms with Crippen LogP contribution in [0.15, 0.2) is 68.9 Å². The third-order valence-corrected chi connectivity index (χ3v) is 6.68. The average molecular weight is 443 g/mol. The Morgan fingerprint density at radius 2 is 1.76 bits per heavy atom. The van der Waals surface area contributed by atoms with E-state index in [4.69, 9.17) is 0 Å². The molecule has 0 aliphatic carbocycles. The van der Waals surface area contributed by atoms with E-state index < -0.39 is 10.0 Å². The monoisotopic (exact) mass is 442 g/mol. The Kier molecular flexibility index (Phi) is 7.49. The minimum absolute atomic E-state index is 0.158. The molecule has 0 unspecified atom stereocenters. The molecule has 134 valence electrons. The lowest BCUT2D eigenvalue weighted by Gasteiger charge is -2.17. The highest BCUT2D eigenvalue weighted by Crippen LogP contribution is 2.18. The highest BCUT2D eigenvalue weighted by Gasteiger charge is 2.22. The summed E-state index contributed by atoms with van der Waals surface area (Å²) in [4.78, 5) is 13.3. The second kappa shape index (κ2) is 9.38. The molecule has 0 radical (unpaired) electrons. The summed E-state index contributed by atoms with van der Waals surface area (Å²) in [6.45, 7) is 0.263. The summed E-state index contributed by atoms with van der Waals surface area (Å²) in [5, 5.41) is 2.74. The lowest BCUT2D eigenvalue weighted by atomic mass is 10.4. The Morgan fingerprint density at radius 3 is 2.40 bits per heavy atom. The molecule has 0 spiro atoms. The maximum absolute atomic E-state index is 12.4. The molecule has 0 bridgehead atoms. The fourth-order valence-electron chi connectivity index (χ4n) is 2.01. The van der Waals surface area contributed by atoms with Crippen molar-refractivity contribution in [3.05, 3.63) is 59.1 Å². The number of hydrogen-bond acceptors (Lipinski definition) is 4. The smallest absolute Gasteiger partial charge is 0.243 e. The number of nitrogens with zero attached hydrogens (tertiary/aromatic N) is 1. The van der Waals surface area contributed by atoms with Crippen molar-refractivity contribution in [2.24, 2.45) is 0 Å². The predicted octanol–water partition coefficient (Wildman–Crippen LogP) is 2.98. The van der Waals surface area contributed by atoms with Crippen molar-refractivity contribution in [3.8, 4) is 0 Å². The SMILES string of the molecule is CN(CC(=O)NCCSc1ccccc1)S(=O)(=O)c1ccc(Br)cc1. The number of carbonyl (C=O) groups excluding carboxylic acids is 1. The van der Waals surface area contributed by atoms with E-state index in [0.29, 0.717) is 6.54 Å². The van der Waals surface area contributed by atoms with Crippen molar-refractivity contribution in [1.82, 2.24) is 9.62 Å². The van der Waals surface area contributed by atoms with Crippen LogP contribution in [0.5, 0.6) is 0 Å². The van der Waals surface area contributed by atoms with E-state index >= 15 is 0 Å². The first-order chi connectivity index (χ1) is 11.9. The zero-order chi connectivity index (χ0) is 18.3. The Morgan fingerprint density at radius 1 is 1.12 bits per heavy atom. The van der Waals surface area contributed by atoms with Gasteiger partial charge in [0.2, 0.25) is 15.9 Å². The topological polar surface area (TPSA) is 66.5 Å². The van der Waals surface area contributed by atoms with Gasteiger partial charge in [0.05, 0.1) is 11.4 Å². The van der Waals surface area contributed by atoms with E-state index in [1.165, 1.54) is 19.2 Å². The number of rotatable bonds is 8. The first kappa shape index (κ1) is 20.0. The molecular weight excluding hydrogens is 424 g/mol. The Bertz CT molecular complexity index is 796. The minimum atomic E-state index is -3.68. The van der Waals surface area contributed by atoms with Crippen LogP contribution in [-0.4, -0.2) is 44.5 Å². The Labute approximate surface area is 161 Å². The number of thioether (sulfide) groups is 1. The van der Waals surface area contributed by atoms with E-state index in [2.05, 4.69) is 21.2 Å². The molecular formula is C17H19BrN2O3S2. The van der Waals surface area contributed by atoms with Crippen LogP contribution in [0.25, 0.3) is 0 Å². The molecule has 0 fully saturated rings. The number of hydrogen-bond donors (Lipinski definition) is 1. The summed E-state index contributed by atoms with van der Waals surface area (Å²) in [6.07, 6.45) is 0. The molecule has 0 aliphatic heterocycles. The van der Waals surface area contributed by atoms with Crippen LogP contribution in [0.1, 0.15) is 0 Å². The molecule has 5 nitrogen and oxygen atoms in total. The molecule has 1 N–H and O–H groups in total. The van der Waals surface area contributed by atoms with Crippen LogP contribution in [0.2, 0.25) is 0 Å². The second-order valence-corrected chi connectivity index (χ2v) is 9.36. The maximum Gasteiger partial charge on any atom is 0.243 e. The summed E-state index contributed by atoms with van der Waals surface area (Å²) >= 11 is 4.90. The predicted molar refractivity (Wildman–Crippen MR) is 104 cm³/mol. The molecule has 0 heterocycles. The van der Waals surface area contributed by atoms with Gasteiger partial charge >= 0.3 is 0 Å². The molecule has 0 saturated heterocycles. The van der Waals surface area contributed by atoms with Gasteiger partial charge in [0.15, 0.2) is 0 Å². The van der Waals surface area contributed by atoms with E-state index in [-0.39, 0.29) is 17.3 Å². The van der Waals surface area contributed by atoms with E-state index in [0.717, 1.165) is 19.4 Å². The number of carbonyl (C=O) groups is 1. The fraction of sp³-hybridized carbons (Fsp3) is 0.235. The van der Waals surface area contributed by atoms with Crippen molar-refractivity contribution < 1.29 is 13.2 Å². The van der Waals surface area contributed by atoms with Gasteiger partial charge in [-0.25, -0.2) is 8.42 Å². The van der Waals surface area contributed by atoms with Gasteiger partial charge in [0, 0.05) is 28.7 Å². The number of amides is 1. The first-order valence-electron chi connectivity index (χ1n) is 7.56. The van der Waals surface area contributed by atoms with Gasteiger partial charge in [-0.1, -0.05) is 34.1 Å². The van der Waals surface area contributed by atoms with Gasteiger partial charge in [0.1, 0.15) is 0 Å². The van der Waals surface area contributed by atoms with Crippen molar-refractivity contribution in [2.75, 3.05) is 25.9 Å². The van der Waals surface area contributed by atoms with Crippen LogP contribution in [0.4, 0.5) is 0 Å². The van der Waals surface area contributed by atoms with Gasteiger partial charge in [-0.2, -0.15) is 4.31 Å². The third-order valence-electron chi connectivity index (χ3n) is 3.32. The number of benzene rings is 2. The number of likely N-dealkylation sites (N-methyl/N-ethyl adjacent to an activating group) is 1. The standard InChI is InChI=1S/C17H19BrN2O3S2/c1-20(25(22,23)16-9-7-14(18)8-10-16)13-17(21)19-11-12-24-15-5-3-2-4-6-15/h2-10H,11-13H2,1H3,(H,19,21). The molecule has 8 heteroatoms. The summed E-state index contributed by atoms with van der Waals surface area (Å²) in [7, 11) is -2.28. The van der Waals surface area contributed by atoms with Gasteiger partial charge in [0.25, 0.3) is 0 Å². The molecule has 0 saturated carbocycles. The van der Waals surface area contributed by atoms with Crippen LogP contribution < -0.4 is 5.32 Å². The van der Waals surface area contributed by atoms with Gasteiger partial charge < -0.3 is 5.32 Å². The molecule has 0 aromatic heterocycles. The Hall–Kier alpha value is -1.35. The zero-order valence-corrected chi connectivity index (χ0v) is 16.9. The average Bonchev–Trinajstić information content (AvgIpc) is 2.60. The van der Waals surface area contributed by atoms with Crippen molar-refractivity contribution >= 4 is 43.6 Å². The quantitative estimate of drug-likeness (QED) is 0.503. The van der Waals surface area contributed by atoms with Crippen LogP contribution in [0.3, 0.4) is 0 Å². The number of sulfonamides is 1. The summed E-state index contributed by atoms with van der Waals surface area (Å²) in [5.41, 5.74) is 0. The second-order valence-electron chi connectivity index (χ2n) is 5.23. The molecule has 0 aliphatic rings. The summed E-state index contributed by atoms with van der Waals surface area (Å²) in [5.74, 6) is 0.399. The van der Waals surface area contributed by atoms with Gasteiger partial charge in [-0.05, 0) is 36.4 Å². The molecule has 2 aromatic carbocycles. The molecule has 2 aromatic rings. The number of halogens is 1. The van der Waals surface area contributed by atoms with E-state index in [1.807, 2.05) is 30.3 Å². The third kappa shape index (κ3) is 6.14. The fourth-order valence-corrected chi connectivity index (χ4v) is 4.19. The van der Waals surface area contributed by atoms with Gasteiger partial charge in [-0.15, -0.1) is 11.8 Å². The summed E-state index contributed by atoms with van der Waals surface area (Å²) < 4.78 is 26.7. The largest absolute Gasteiger partial charge is 0.354 e. The van der Waals surface area contributed by atoms with Crippen LogP contribution in [0, 0.1) is 0 Å². The van der Waals surface area contributed by atoms with Crippen molar-refractivity contribution in [2.45, 2.75) is 9.79 Å². The number of nitrogens with one attached hydrogen (secondary N) is 1. The normalized spacial score (nSPS) is 11.5. The lowest BCUT2D eigenvalue weighted by molar-refractivity contribution is -0.121. The molecule has 1 amide bonds. The maximum atomic E-state index is 12.4.